The van der Waals surface area contributed by atoms with Crippen LogP contribution >= 0.6 is 0 Å². The molecule has 2 bridgehead atoms. The molecule has 1 heteroatoms. The Bertz CT molecular complexity index is 508. The van der Waals surface area contributed by atoms with E-state index in [-0.39, 0.29) is 5.41 Å². The molecule has 0 aliphatic heterocycles. The fraction of sp³-hybridized carbons (Fsp3) is 0.632. The average Bonchev–Trinajstić information content (AvgIpc) is 2.59. The van der Waals surface area contributed by atoms with Crippen LogP contribution in [0.1, 0.15) is 67.3 Å². The molecular weight excluding hydrogens is 244 g/mol. The van der Waals surface area contributed by atoms with Crippen LogP contribution in [0.4, 0.5) is 0 Å². The molecule has 20 heavy (non-hydrogen) atoms. The highest BCUT2D eigenvalue weighted by Gasteiger charge is 2.54. The van der Waals surface area contributed by atoms with E-state index in [4.69, 9.17) is 0 Å². The summed E-state index contributed by atoms with van der Waals surface area (Å²) in [5, 5.41) is 0. The molecule has 0 saturated heterocycles. The van der Waals surface area contributed by atoms with Crippen LogP contribution < -0.4 is 0 Å². The third kappa shape index (κ3) is 1.65. The van der Waals surface area contributed by atoms with Crippen molar-refractivity contribution in [3.63, 3.8) is 0 Å². The SMILES string of the molecule is O=C1c2ccccc2CCCC12C1CCCC2CCC1. The van der Waals surface area contributed by atoms with E-state index < -0.39 is 0 Å². The van der Waals surface area contributed by atoms with Crippen LogP contribution in [0.3, 0.4) is 0 Å². The molecule has 3 aliphatic carbocycles. The summed E-state index contributed by atoms with van der Waals surface area (Å²) in [6, 6.07) is 8.40. The Hall–Kier alpha value is -1.11. The lowest BCUT2D eigenvalue weighted by Gasteiger charge is -2.52. The minimum Gasteiger partial charge on any atom is -0.294 e. The van der Waals surface area contributed by atoms with Gasteiger partial charge in [-0.3, -0.25) is 4.79 Å². The number of aryl methyl sites for hydroxylation is 1. The van der Waals surface area contributed by atoms with Gasteiger partial charge in [-0.1, -0.05) is 37.1 Å². The molecule has 0 heterocycles. The van der Waals surface area contributed by atoms with Crippen LogP contribution in [-0.4, -0.2) is 5.78 Å². The van der Waals surface area contributed by atoms with E-state index in [1.54, 1.807) is 0 Å². The molecule has 1 spiro atoms. The van der Waals surface area contributed by atoms with Crippen LogP contribution in [-0.2, 0) is 6.42 Å². The minimum absolute atomic E-state index is 0.0170. The van der Waals surface area contributed by atoms with Crippen molar-refractivity contribution in [2.75, 3.05) is 0 Å². The average molecular weight is 268 g/mol. The van der Waals surface area contributed by atoms with Gasteiger partial charge in [-0.15, -0.1) is 0 Å². The van der Waals surface area contributed by atoms with Crippen molar-refractivity contribution in [3.05, 3.63) is 35.4 Å². The summed E-state index contributed by atoms with van der Waals surface area (Å²) in [4.78, 5) is 13.4. The number of ketones is 1. The third-order valence-corrected chi connectivity index (χ3v) is 6.39. The fourth-order valence-corrected chi connectivity index (χ4v) is 5.55. The highest BCUT2D eigenvalue weighted by molar-refractivity contribution is 6.02. The summed E-state index contributed by atoms with van der Waals surface area (Å²) in [6.07, 6.45) is 11.3. The molecule has 1 nitrogen and oxygen atoms in total. The summed E-state index contributed by atoms with van der Waals surface area (Å²) in [7, 11) is 0. The van der Waals surface area contributed by atoms with Crippen molar-refractivity contribution in [2.24, 2.45) is 17.3 Å². The number of rotatable bonds is 0. The number of hydrogen-bond donors (Lipinski definition) is 0. The largest absolute Gasteiger partial charge is 0.294 e. The van der Waals surface area contributed by atoms with Crippen LogP contribution in [0.2, 0.25) is 0 Å². The molecule has 0 atom stereocenters. The second-order valence-corrected chi connectivity index (χ2v) is 7.14. The Morgan fingerprint density at radius 2 is 1.55 bits per heavy atom. The monoisotopic (exact) mass is 268 g/mol. The molecule has 1 aromatic rings. The lowest BCUT2D eigenvalue weighted by molar-refractivity contribution is -0.00943. The van der Waals surface area contributed by atoms with E-state index in [0.29, 0.717) is 17.6 Å². The number of Topliss-reactive ketones (excluding diaryl/α,β-unsaturated/α-hetero) is 1. The van der Waals surface area contributed by atoms with Gasteiger partial charge in [0.25, 0.3) is 0 Å². The molecule has 1 aromatic carbocycles. The Kier molecular flexibility index (Phi) is 2.98. The predicted molar refractivity (Wildman–Crippen MR) is 80.8 cm³/mol. The molecular formula is C19H24O. The zero-order chi connectivity index (χ0) is 13.6. The van der Waals surface area contributed by atoms with Gasteiger partial charge >= 0.3 is 0 Å². The molecule has 0 unspecified atom stereocenters. The van der Waals surface area contributed by atoms with Crippen molar-refractivity contribution in [1.29, 1.82) is 0 Å². The van der Waals surface area contributed by atoms with Gasteiger partial charge in [0.15, 0.2) is 5.78 Å². The Labute approximate surface area is 121 Å². The lowest BCUT2D eigenvalue weighted by Crippen LogP contribution is -2.49. The Morgan fingerprint density at radius 3 is 2.25 bits per heavy atom. The maximum Gasteiger partial charge on any atom is 0.169 e. The maximum atomic E-state index is 13.4. The fourth-order valence-electron chi connectivity index (χ4n) is 5.55. The molecule has 0 aromatic heterocycles. The standard InChI is InChI=1S/C19H24O/c20-18-17-12-2-1-6-14(17)7-5-13-19(18)15-8-3-9-16(19)11-4-10-15/h1-2,6,12,15-16H,3-5,7-11,13H2. The van der Waals surface area contributed by atoms with Gasteiger partial charge in [-0.2, -0.15) is 0 Å². The van der Waals surface area contributed by atoms with Gasteiger partial charge in [-0.05, 0) is 62.3 Å². The van der Waals surface area contributed by atoms with Gasteiger partial charge in [0.05, 0.1) is 0 Å². The third-order valence-electron chi connectivity index (χ3n) is 6.39. The second-order valence-electron chi connectivity index (χ2n) is 7.14. The summed E-state index contributed by atoms with van der Waals surface area (Å²) in [5.41, 5.74) is 2.38. The highest BCUT2D eigenvalue weighted by Crippen LogP contribution is 2.58. The van der Waals surface area contributed by atoms with Gasteiger partial charge in [0.1, 0.15) is 0 Å². The van der Waals surface area contributed by atoms with Crippen molar-refractivity contribution in [3.8, 4) is 0 Å². The molecule has 0 radical (unpaired) electrons. The first-order chi connectivity index (χ1) is 9.82. The predicted octanol–water partition coefficient (Wildman–Crippen LogP) is 4.79. The first kappa shape index (κ1) is 12.6. The molecule has 4 rings (SSSR count). The van der Waals surface area contributed by atoms with Gasteiger partial charge in [-0.25, -0.2) is 0 Å². The van der Waals surface area contributed by atoms with Crippen molar-refractivity contribution in [1.82, 2.24) is 0 Å². The zero-order valence-corrected chi connectivity index (χ0v) is 12.2. The van der Waals surface area contributed by atoms with E-state index in [1.807, 2.05) is 6.07 Å². The lowest BCUT2D eigenvalue weighted by atomic mass is 9.51. The summed E-state index contributed by atoms with van der Waals surface area (Å²) in [5.74, 6) is 1.86. The van der Waals surface area contributed by atoms with E-state index in [2.05, 4.69) is 18.2 Å². The normalized spacial score (nSPS) is 36.5. The molecule has 106 valence electrons. The first-order valence-electron chi connectivity index (χ1n) is 8.45. The Morgan fingerprint density at radius 1 is 0.900 bits per heavy atom. The van der Waals surface area contributed by atoms with Gasteiger partial charge in [0.2, 0.25) is 0 Å². The van der Waals surface area contributed by atoms with Crippen LogP contribution in [0, 0.1) is 17.3 Å². The highest BCUT2D eigenvalue weighted by atomic mass is 16.1. The number of benzene rings is 1. The van der Waals surface area contributed by atoms with Gasteiger partial charge < -0.3 is 0 Å². The van der Waals surface area contributed by atoms with E-state index in [9.17, 15) is 4.79 Å². The van der Waals surface area contributed by atoms with E-state index in [1.165, 1.54) is 50.5 Å². The summed E-state index contributed by atoms with van der Waals surface area (Å²) < 4.78 is 0. The summed E-state index contributed by atoms with van der Waals surface area (Å²) in [6.45, 7) is 0. The maximum absolute atomic E-state index is 13.4. The number of carbonyl (C=O) groups excluding carboxylic acids is 1. The van der Waals surface area contributed by atoms with Gasteiger partial charge in [0, 0.05) is 11.0 Å². The molecule has 2 saturated carbocycles. The van der Waals surface area contributed by atoms with E-state index >= 15 is 0 Å². The van der Waals surface area contributed by atoms with Crippen molar-refractivity contribution < 1.29 is 4.79 Å². The topological polar surface area (TPSA) is 17.1 Å². The zero-order valence-electron chi connectivity index (χ0n) is 12.2. The Balaban J connectivity index is 1.83. The van der Waals surface area contributed by atoms with Crippen molar-refractivity contribution in [2.45, 2.75) is 57.8 Å². The molecule has 0 amide bonds. The quantitative estimate of drug-likeness (QED) is 0.661. The van der Waals surface area contributed by atoms with Crippen molar-refractivity contribution >= 4 is 5.78 Å². The number of fused-ring (bicyclic) bond motifs is 1. The number of hydrogen-bond acceptors (Lipinski definition) is 1. The van der Waals surface area contributed by atoms with Crippen LogP contribution in [0.15, 0.2) is 24.3 Å². The smallest absolute Gasteiger partial charge is 0.169 e. The molecule has 2 fully saturated rings. The summed E-state index contributed by atoms with van der Waals surface area (Å²) >= 11 is 0. The van der Waals surface area contributed by atoms with Crippen LogP contribution in [0.25, 0.3) is 0 Å². The second kappa shape index (κ2) is 4.72. The number of carbonyl (C=O) groups is 1. The molecule has 0 N–H and O–H groups in total. The van der Waals surface area contributed by atoms with Crippen LogP contribution in [0.5, 0.6) is 0 Å². The van der Waals surface area contributed by atoms with E-state index in [0.717, 1.165) is 18.4 Å². The molecule has 3 aliphatic rings. The first-order valence-corrected chi connectivity index (χ1v) is 8.45. The minimum atomic E-state index is 0.0170.